The molecule has 4 heteroatoms. The number of hydrogen-bond acceptors (Lipinski definition) is 3. The van der Waals surface area contributed by atoms with Crippen LogP contribution in [0.4, 0.5) is 0 Å². The molecule has 0 unspecified atom stereocenters. The molecule has 4 nitrogen and oxygen atoms in total. The molecular weight excluding hydrogens is 290 g/mol. The highest BCUT2D eigenvalue weighted by Crippen LogP contribution is 2.35. The third-order valence-electron chi connectivity index (χ3n) is 3.99. The number of rotatable bonds is 3. The molecule has 1 aliphatic heterocycles. The van der Waals surface area contributed by atoms with Crippen LogP contribution >= 0.6 is 0 Å². The van der Waals surface area contributed by atoms with E-state index in [1.807, 2.05) is 62.4 Å². The zero-order valence-electron chi connectivity index (χ0n) is 13.2. The zero-order chi connectivity index (χ0) is 16.4. The Morgan fingerprint density at radius 1 is 1.00 bits per heavy atom. The van der Waals surface area contributed by atoms with Gasteiger partial charge in [0.2, 0.25) is 6.23 Å². The monoisotopic (exact) mass is 309 g/mol. The summed E-state index contributed by atoms with van der Waals surface area (Å²) in [5.74, 6) is -0.564. The van der Waals surface area contributed by atoms with Gasteiger partial charge in [-0.05, 0) is 18.1 Å². The van der Waals surface area contributed by atoms with E-state index < -0.39 is 12.3 Å². The SMILES string of the molecule is CC(C)[C@@H]1C(=O)O[C@@H](c2ccccc2)N1C(=O)c1ccccc1. The molecule has 1 fully saturated rings. The van der Waals surface area contributed by atoms with Gasteiger partial charge >= 0.3 is 5.97 Å². The number of carbonyl (C=O) groups is 2. The highest BCUT2D eigenvalue weighted by Gasteiger charge is 2.47. The summed E-state index contributed by atoms with van der Waals surface area (Å²) >= 11 is 0. The molecule has 1 saturated heterocycles. The first kappa shape index (κ1) is 15.3. The lowest BCUT2D eigenvalue weighted by Gasteiger charge is -2.28. The first-order chi connectivity index (χ1) is 11.1. The van der Waals surface area contributed by atoms with Crippen LogP contribution in [0.25, 0.3) is 0 Å². The molecule has 2 aromatic carbocycles. The van der Waals surface area contributed by atoms with Crippen molar-refractivity contribution >= 4 is 11.9 Å². The van der Waals surface area contributed by atoms with Crippen molar-refractivity contribution in [3.63, 3.8) is 0 Å². The second-order valence-electron chi connectivity index (χ2n) is 5.97. The van der Waals surface area contributed by atoms with Crippen molar-refractivity contribution in [2.24, 2.45) is 5.92 Å². The van der Waals surface area contributed by atoms with Gasteiger partial charge in [0, 0.05) is 11.1 Å². The van der Waals surface area contributed by atoms with Crippen LogP contribution in [0, 0.1) is 5.92 Å². The van der Waals surface area contributed by atoms with E-state index in [4.69, 9.17) is 4.74 Å². The standard InChI is InChI=1S/C19H19NO3/c1-13(2)16-19(22)23-18(15-11-7-4-8-12-15)20(16)17(21)14-9-5-3-6-10-14/h3-13,16,18H,1-2H3/t16-,18+/m1/s1. The smallest absolute Gasteiger partial charge is 0.331 e. The van der Waals surface area contributed by atoms with Crippen molar-refractivity contribution in [2.75, 3.05) is 0 Å². The number of hydrogen-bond donors (Lipinski definition) is 0. The van der Waals surface area contributed by atoms with Crippen LogP contribution < -0.4 is 0 Å². The van der Waals surface area contributed by atoms with Gasteiger partial charge in [0.1, 0.15) is 6.04 Å². The lowest BCUT2D eigenvalue weighted by atomic mass is 10.0. The quantitative estimate of drug-likeness (QED) is 0.816. The number of cyclic esters (lactones) is 1. The molecule has 1 heterocycles. The fourth-order valence-electron chi connectivity index (χ4n) is 2.90. The number of amides is 1. The van der Waals surface area contributed by atoms with Crippen LogP contribution in [0.3, 0.4) is 0 Å². The topological polar surface area (TPSA) is 46.6 Å². The number of carbonyl (C=O) groups excluding carboxylic acids is 2. The minimum atomic E-state index is -0.677. The number of ether oxygens (including phenoxy) is 1. The summed E-state index contributed by atoms with van der Waals surface area (Å²) in [7, 11) is 0. The summed E-state index contributed by atoms with van der Waals surface area (Å²) in [6.07, 6.45) is -0.677. The molecule has 0 N–H and O–H groups in total. The van der Waals surface area contributed by atoms with Crippen LogP contribution in [-0.4, -0.2) is 22.8 Å². The molecule has 2 atom stereocenters. The molecule has 0 radical (unpaired) electrons. The molecule has 0 spiro atoms. The predicted molar refractivity (Wildman–Crippen MR) is 86.5 cm³/mol. The third-order valence-corrected chi connectivity index (χ3v) is 3.99. The average molecular weight is 309 g/mol. The summed E-state index contributed by atoms with van der Waals surface area (Å²) in [5, 5.41) is 0. The Morgan fingerprint density at radius 3 is 2.13 bits per heavy atom. The van der Waals surface area contributed by atoms with Gasteiger partial charge < -0.3 is 4.74 Å². The first-order valence-corrected chi connectivity index (χ1v) is 7.72. The lowest BCUT2D eigenvalue weighted by molar-refractivity contribution is -0.143. The predicted octanol–water partition coefficient (Wildman–Crippen LogP) is 3.41. The summed E-state index contributed by atoms with van der Waals surface area (Å²) < 4.78 is 5.54. The lowest BCUT2D eigenvalue weighted by Crippen LogP contribution is -2.42. The van der Waals surface area contributed by atoms with Gasteiger partial charge in [0.15, 0.2) is 0 Å². The van der Waals surface area contributed by atoms with Crippen LogP contribution in [0.15, 0.2) is 60.7 Å². The Balaban J connectivity index is 2.02. The maximum absolute atomic E-state index is 13.0. The van der Waals surface area contributed by atoms with Crippen LogP contribution in [0.2, 0.25) is 0 Å². The third kappa shape index (κ3) is 2.84. The van der Waals surface area contributed by atoms with Crippen molar-refractivity contribution in [1.82, 2.24) is 4.90 Å². The van der Waals surface area contributed by atoms with Gasteiger partial charge in [0.25, 0.3) is 5.91 Å². The number of nitrogens with zero attached hydrogens (tertiary/aromatic N) is 1. The van der Waals surface area contributed by atoms with Gasteiger partial charge in [-0.1, -0.05) is 62.4 Å². The fraction of sp³-hybridized carbons (Fsp3) is 0.263. The Kier molecular flexibility index (Phi) is 4.15. The Hall–Kier alpha value is -2.62. The highest BCUT2D eigenvalue weighted by atomic mass is 16.6. The molecule has 1 aliphatic rings. The van der Waals surface area contributed by atoms with E-state index in [2.05, 4.69) is 0 Å². The minimum absolute atomic E-state index is 0.0242. The van der Waals surface area contributed by atoms with Crippen molar-refractivity contribution in [3.05, 3.63) is 71.8 Å². The van der Waals surface area contributed by atoms with E-state index in [0.717, 1.165) is 5.56 Å². The van der Waals surface area contributed by atoms with E-state index in [0.29, 0.717) is 5.56 Å². The van der Waals surface area contributed by atoms with E-state index >= 15 is 0 Å². The van der Waals surface area contributed by atoms with E-state index in [9.17, 15) is 9.59 Å². The molecule has 118 valence electrons. The number of esters is 1. The van der Waals surface area contributed by atoms with Crippen LogP contribution in [-0.2, 0) is 9.53 Å². The molecule has 0 bridgehead atoms. The van der Waals surface area contributed by atoms with Gasteiger partial charge in [-0.2, -0.15) is 0 Å². The molecule has 0 aromatic heterocycles. The molecule has 3 rings (SSSR count). The van der Waals surface area contributed by atoms with Crippen molar-refractivity contribution in [2.45, 2.75) is 26.1 Å². The summed E-state index contributed by atoms with van der Waals surface area (Å²) in [5.41, 5.74) is 1.35. The largest absolute Gasteiger partial charge is 0.435 e. The Bertz CT molecular complexity index is 697. The summed E-state index contributed by atoms with van der Waals surface area (Å²) in [4.78, 5) is 26.9. The van der Waals surface area contributed by atoms with Crippen molar-refractivity contribution in [3.8, 4) is 0 Å². The van der Waals surface area contributed by atoms with E-state index in [-0.39, 0.29) is 17.8 Å². The summed E-state index contributed by atoms with van der Waals surface area (Å²) in [6, 6.07) is 17.8. The van der Waals surface area contributed by atoms with Crippen molar-refractivity contribution in [1.29, 1.82) is 0 Å². The maximum atomic E-state index is 13.0. The van der Waals surface area contributed by atoms with E-state index in [1.165, 1.54) is 0 Å². The van der Waals surface area contributed by atoms with Crippen molar-refractivity contribution < 1.29 is 14.3 Å². The highest BCUT2D eigenvalue weighted by molar-refractivity contribution is 5.98. The number of benzene rings is 2. The van der Waals surface area contributed by atoms with Gasteiger partial charge in [-0.25, -0.2) is 4.79 Å². The van der Waals surface area contributed by atoms with Crippen LogP contribution in [0.1, 0.15) is 36.0 Å². The second-order valence-corrected chi connectivity index (χ2v) is 5.97. The Morgan fingerprint density at radius 2 is 1.57 bits per heavy atom. The molecule has 0 aliphatic carbocycles. The molecule has 1 amide bonds. The molecule has 2 aromatic rings. The van der Waals surface area contributed by atoms with Gasteiger partial charge in [0.05, 0.1) is 0 Å². The first-order valence-electron chi connectivity index (χ1n) is 7.72. The van der Waals surface area contributed by atoms with Gasteiger partial charge in [-0.15, -0.1) is 0 Å². The minimum Gasteiger partial charge on any atom is -0.435 e. The average Bonchev–Trinajstić information content (AvgIpc) is 2.93. The normalized spacial score (nSPS) is 20.7. The fourth-order valence-corrected chi connectivity index (χ4v) is 2.90. The maximum Gasteiger partial charge on any atom is 0.331 e. The molecule has 23 heavy (non-hydrogen) atoms. The Labute approximate surface area is 135 Å². The summed E-state index contributed by atoms with van der Waals surface area (Å²) in [6.45, 7) is 3.84. The molecule has 0 saturated carbocycles. The molecular formula is C19H19NO3. The second kappa shape index (κ2) is 6.24. The zero-order valence-corrected chi connectivity index (χ0v) is 13.2. The van der Waals surface area contributed by atoms with E-state index in [1.54, 1.807) is 17.0 Å². The van der Waals surface area contributed by atoms with Crippen LogP contribution in [0.5, 0.6) is 0 Å². The van der Waals surface area contributed by atoms with Gasteiger partial charge in [-0.3, -0.25) is 9.69 Å².